The molecule has 1 aliphatic rings. The van der Waals surface area contributed by atoms with Crippen molar-refractivity contribution in [2.45, 2.75) is 24.5 Å². The summed E-state index contributed by atoms with van der Waals surface area (Å²) in [6.45, 7) is 1.81. The second-order valence-electron chi connectivity index (χ2n) is 5.47. The molecule has 3 rings (SSSR count). The van der Waals surface area contributed by atoms with Gasteiger partial charge in [-0.3, -0.25) is 4.99 Å². The monoisotopic (exact) mass is 317 g/mol. The van der Waals surface area contributed by atoms with Crippen molar-refractivity contribution in [3.63, 3.8) is 0 Å². The predicted octanol–water partition coefficient (Wildman–Crippen LogP) is 2.17. The van der Waals surface area contributed by atoms with E-state index in [2.05, 4.69) is 43.4 Å². The number of imidazole rings is 1. The molecule has 0 saturated carbocycles. The standard InChI is InChI=1S/C16H23N5S/c1-17-16(19-11-12-5-4-10-22-12)18-9-8-15-20-13-6-2-3-7-14(13)21-15/h2-3,6-7,12H,4-5,8-11H2,1H3,(H,20,21)(H2,17,18,19). The number of para-hydroxylation sites is 2. The van der Waals surface area contributed by atoms with Crippen molar-refractivity contribution in [2.75, 3.05) is 25.9 Å². The van der Waals surface area contributed by atoms with Gasteiger partial charge in [0.2, 0.25) is 0 Å². The van der Waals surface area contributed by atoms with E-state index in [0.29, 0.717) is 0 Å². The molecule has 1 aliphatic heterocycles. The van der Waals surface area contributed by atoms with Crippen LogP contribution in [0.5, 0.6) is 0 Å². The van der Waals surface area contributed by atoms with Crippen LogP contribution in [0, 0.1) is 0 Å². The topological polar surface area (TPSA) is 65.1 Å². The molecule has 2 aromatic rings. The van der Waals surface area contributed by atoms with Gasteiger partial charge in [-0.2, -0.15) is 11.8 Å². The van der Waals surface area contributed by atoms with Crippen molar-refractivity contribution in [3.05, 3.63) is 30.1 Å². The van der Waals surface area contributed by atoms with Crippen LogP contribution in [0.2, 0.25) is 0 Å². The van der Waals surface area contributed by atoms with E-state index in [9.17, 15) is 0 Å². The Kier molecular flexibility index (Phi) is 5.21. The van der Waals surface area contributed by atoms with E-state index >= 15 is 0 Å². The molecule has 1 atom stereocenters. The number of thioether (sulfide) groups is 1. The summed E-state index contributed by atoms with van der Waals surface area (Å²) in [6, 6.07) is 8.12. The zero-order valence-corrected chi connectivity index (χ0v) is 13.7. The minimum Gasteiger partial charge on any atom is -0.356 e. The Hall–Kier alpha value is -1.69. The number of rotatable bonds is 5. The van der Waals surface area contributed by atoms with Crippen LogP contribution in [0.4, 0.5) is 0 Å². The second-order valence-corrected chi connectivity index (χ2v) is 6.87. The lowest BCUT2D eigenvalue weighted by Gasteiger charge is -2.14. The van der Waals surface area contributed by atoms with E-state index in [1.165, 1.54) is 18.6 Å². The van der Waals surface area contributed by atoms with Crippen molar-refractivity contribution in [2.24, 2.45) is 4.99 Å². The third kappa shape index (κ3) is 3.94. The fourth-order valence-corrected chi connectivity index (χ4v) is 3.86. The van der Waals surface area contributed by atoms with Gasteiger partial charge in [-0.25, -0.2) is 4.98 Å². The molecule has 22 heavy (non-hydrogen) atoms. The quantitative estimate of drug-likeness (QED) is 0.584. The van der Waals surface area contributed by atoms with Crippen LogP contribution in [0.25, 0.3) is 11.0 Å². The largest absolute Gasteiger partial charge is 0.356 e. The molecule has 1 fully saturated rings. The lowest BCUT2D eigenvalue weighted by Crippen LogP contribution is -2.41. The Morgan fingerprint density at radius 3 is 3.09 bits per heavy atom. The average Bonchev–Trinajstić information content (AvgIpc) is 3.19. The molecule has 1 aromatic heterocycles. The molecule has 0 spiro atoms. The Labute approximate surface area is 135 Å². The van der Waals surface area contributed by atoms with E-state index in [-0.39, 0.29) is 0 Å². The zero-order valence-electron chi connectivity index (χ0n) is 12.9. The average molecular weight is 317 g/mol. The number of fused-ring (bicyclic) bond motifs is 1. The summed E-state index contributed by atoms with van der Waals surface area (Å²) in [6.07, 6.45) is 3.51. The van der Waals surface area contributed by atoms with Crippen LogP contribution >= 0.6 is 11.8 Å². The number of aliphatic imine (C=N–C) groups is 1. The van der Waals surface area contributed by atoms with Gasteiger partial charge >= 0.3 is 0 Å². The minimum atomic E-state index is 0.730. The number of benzene rings is 1. The minimum absolute atomic E-state index is 0.730. The highest BCUT2D eigenvalue weighted by Gasteiger charge is 2.15. The maximum absolute atomic E-state index is 4.59. The fraction of sp³-hybridized carbons (Fsp3) is 0.500. The van der Waals surface area contributed by atoms with Crippen LogP contribution in [0.15, 0.2) is 29.3 Å². The van der Waals surface area contributed by atoms with Gasteiger partial charge in [0.15, 0.2) is 5.96 Å². The van der Waals surface area contributed by atoms with Gasteiger partial charge in [0.1, 0.15) is 5.82 Å². The maximum Gasteiger partial charge on any atom is 0.191 e. The molecular weight excluding hydrogens is 294 g/mol. The van der Waals surface area contributed by atoms with Crippen LogP contribution in [-0.4, -0.2) is 47.1 Å². The zero-order chi connectivity index (χ0) is 15.2. The molecule has 3 N–H and O–H groups in total. The summed E-state index contributed by atoms with van der Waals surface area (Å²) in [7, 11) is 1.82. The first-order valence-corrected chi connectivity index (χ1v) is 8.90. The molecule has 0 bridgehead atoms. The highest BCUT2D eigenvalue weighted by atomic mass is 32.2. The molecule has 1 saturated heterocycles. The van der Waals surface area contributed by atoms with Gasteiger partial charge in [0.05, 0.1) is 11.0 Å². The summed E-state index contributed by atoms with van der Waals surface area (Å²) >= 11 is 2.06. The summed E-state index contributed by atoms with van der Waals surface area (Å²) in [5.41, 5.74) is 2.12. The number of aromatic nitrogens is 2. The number of aromatic amines is 1. The number of guanidine groups is 1. The number of nitrogens with one attached hydrogen (secondary N) is 3. The third-order valence-electron chi connectivity index (χ3n) is 3.84. The van der Waals surface area contributed by atoms with Gasteiger partial charge in [0, 0.05) is 31.8 Å². The first kappa shape index (κ1) is 15.2. The van der Waals surface area contributed by atoms with E-state index in [0.717, 1.165) is 47.6 Å². The SMILES string of the molecule is CN=C(NCCc1nc2ccccc2[nH]1)NCC1CCCS1. The number of hydrogen-bond acceptors (Lipinski definition) is 3. The fourth-order valence-electron chi connectivity index (χ4n) is 2.66. The highest BCUT2D eigenvalue weighted by molar-refractivity contribution is 8.00. The van der Waals surface area contributed by atoms with E-state index in [4.69, 9.17) is 0 Å². The summed E-state index contributed by atoms with van der Waals surface area (Å²) < 4.78 is 0. The Morgan fingerprint density at radius 2 is 2.32 bits per heavy atom. The van der Waals surface area contributed by atoms with Crippen molar-refractivity contribution < 1.29 is 0 Å². The van der Waals surface area contributed by atoms with Crippen molar-refractivity contribution in [1.82, 2.24) is 20.6 Å². The van der Waals surface area contributed by atoms with Crippen LogP contribution < -0.4 is 10.6 Å². The Morgan fingerprint density at radius 1 is 1.41 bits per heavy atom. The van der Waals surface area contributed by atoms with Crippen LogP contribution in [0.3, 0.4) is 0 Å². The lowest BCUT2D eigenvalue weighted by atomic mass is 10.2. The number of H-pyrrole nitrogens is 1. The first-order chi connectivity index (χ1) is 10.8. The molecule has 0 amide bonds. The third-order valence-corrected chi connectivity index (χ3v) is 5.24. The molecular formula is C16H23N5S. The van der Waals surface area contributed by atoms with E-state index in [1.807, 2.05) is 25.2 Å². The summed E-state index contributed by atoms with van der Waals surface area (Å²) in [4.78, 5) is 12.2. The molecule has 118 valence electrons. The molecule has 1 aromatic carbocycles. The smallest absolute Gasteiger partial charge is 0.191 e. The van der Waals surface area contributed by atoms with Crippen LogP contribution in [-0.2, 0) is 6.42 Å². The molecule has 0 aliphatic carbocycles. The molecule has 2 heterocycles. The van der Waals surface area contributed by atoms with Gasteiger partial charge in [-0.05, 0) is 30.7 Å². The van der Waals surface area contributed by atoms with Gasteiger partial charge in [-0.15, -0.1) is 0 Å². The molecule has 1 unspecified atom stereocenters. The molecule has 6 heteroatoms. The first-order valence-electron chi connectivity index (χ1n) is 7.85. The van der Waals surface area contributed by atoms with Crippen molar-refractivity contribution in [1.29, 1.82) is 0 Å². The van der Waals surface area contributed by atoms with Gasteiger partial charge in [0.25, 0.3) is 0 Å². The second kappa shape index (κ2) is 7.54. The van der Waals surface area contributed by atoms with Gasteiger partial charge in [-0.1, -0.05) is 12.1 Å². The maximum atomic E-state index is 4.59. The molecule has 0 radical (unpaired) electrons. The van der Waals surface area contributed by atoms with E-state index < -0.39 is 0 Å². The summed E-state index contributed by atoms with van der Waals surface area (Å²) in [5.74, 6) is 3.18. The highest BCUT2D eigenvalue weighted by Crippen LogP contribution is 2.25. The Balaban J connectivity index is 1.44. The van der Waals surface area contributed by atoms with E-state index in [1.54, 1.807) is 0 Å². The normalized spacial score (nSPS) is 18.8. The predicted molar refractivity (Wildman–Crippen MR) is 94.6 cm³/mol. The van der Waals surface area contributed by atoms with Gasteiger partial charge < -0.3 is 15.6 Å². The lowest BCUT2D eigenvalue weighted by molar-refractivity contribution is 0.721. The summed E-state index contributed by atoms with van der Waals surface area (Å²) in [5, 5.41) is 7.50. The van der Waals surface area contributed by atoms with Crippen molar-refractivity contribution >= 4 is 28.8 Å². The molecule has 5 nitrogen and oxygen atoms in total. The van der Waals surface area contributed by atoms with Crippen LogP contribution in [0.1, 0.15) is 18.7 Å². The Bertz CT molecular complexity index is 597. The van der Waals surface area contributed by atoms with Crippen molar-refractivity contribution in [3.8, 4) is 0 Å². The number of nitrogens with zero attached hydrogens (tertiary/aromatic N) is 2. The number of hydrogen-bond donors (Lipinski definition) is 3.